The zero-order valence-electron chi connectivity index (χ0n) is 11.7. The van der Waals surface area contributed by atoms with Crippen molar-refractivity contribution in [1.82, 2.24) is 0 Å². The second-order valence-corrected chi connectivity index (χ2v) is 5.76. The van der Waals surface area contributed by atoms with Crippen LogP contribution in [0.15, 0.2) is 18.2 Å². The number of hydrogen-bond donors (Lipinski definition) is 1. The van der Waals surface area contributed by atoms with E-state index in [1.807, 2.05) is 26.0 Å². The second kappa shape index (κ2) is 5.64. The van der Waals surface area contributed by atoms with Crippen molar-refractivity contribution >= 4 is 5.97 Å². The SMILES string of the molecule is Cc1cc(C)cc(OCC2(C(=O)O)CCCCC2)c1. The van der Waals surface area contributed by atoms with Gasteiger partial charge in [0.2, 0.25) is 0 Å². The van der Waals surface area contributed by atoms with E-state index in [1.54, 1.807) is 0 Å². The summed E-state index contributed by atoms with van der Waals surface area (Å²) in [5, 5.41) is 9.50. The van der Waals surface area contributed by atoms with Crippen LogP contribution in [-0.4, -0.2) is 17.7 Å². The molecule has 1 aliphatic rings. The first-order chi connectivity index (χ1) is 9.02. The molecule has 0 aromatic heterocycles. The van der Waals surface area contributed by atoms with Gasteiger partial charge in [0.05, 0.1) is 0 Å². The number of aliphatic carboxylic acids is 1. The van der Waals surface area contributed by atoms with Crippen LogP contribution in [0.25, 0.3) is 0 Å². The molecule has 1 aliphatic carbocycles. The van der Waals surface area contributed by atoms with Crippen LogP contribution in [0.4, 0.5) is 0 Å². The molecule has 0 bridgehead atoms. The van der Waals surface area contributed by atoms with E-state index in [4.69, 9.17) is 4.74 Å². The Balaban J connectivity index is 2.08. The lowest BCUT2D eigenvalue weighted by atomic mass is 9.75. The molecule has 1 aromatic rings. The van der Waals surface area contributed by atoms with E-state index in [2.05, 4.69) is 6.07 Å². The molecule has 2 rings (SSSR count). The van der Waals surface area contributed by atoms with Crippen LogP contribution < -0.4 is 4.74 Å². The van der Waals surface area contributed by atoms with Gasteiger partial charge in [-0.1, -0.05) is 25.3 Å². The van der Waals surface area contributed by atoms with Crippen LogP contribution in [0, 0.1) is 19.3 Å². The molecule has 3 heteroatoms. The smallest absolute Gasteiger partial charge is 0.313 e. The molecule has 1 fully saturated rings. The summed E-state index contributed by atoms with van der Waals surface area (Å²) >= 11 is 0. The maximum Gasteiger partial charge on any atom is 0.313 e. The molecular formula is C16H22O3. The molecule has 0 atom stereocenters. The van der Waals surface area contributed by atoms with Gasteiger partial charge in [0.1, 0.15) is 17.8 Å². The van der Waals surface area contributed by atoms with Crippen LogP contribution in [0.5, 0.6) is 5.75 Å². The third-order valence-corrected chi connectivity index (χ3v) is 3.97. The molecule has 1 N–H and O–H groups in total. The first kappa shape index (κ1) is 13.9. The van der Waals surface area contributed by atoms with Gasteiger partial charge in [0.25, 0.3) is 0 Å². The first-order valence-corrected chi connectivity index (χ1v) is 6.96. The normalized spacial score (nSPS) is 18.0. The first-order valence-electron chi connectivity index (χ1n) is 6.96. The Morgan fingerprint density at radius 3 is 2.26 bits per heavy atom. The van der Waals surface area contributed by atoms with Crippen LogP contribution in [0.2, 0.25) is 0 Å². The van der Waals surface area contributed by atoms with Gasteiger partial charge in [-0.15, -0.1) is 0 Å². The Kier molecular flexibility index (Phi) is 4.13. The van der Waals surface area contributed by atoms with Crippen molar-refractivity contribution in [2.75, 3.05) is 6.61 Å². The summed E-state index contributed by atoms with van der Waals surface area (Å²) in [6.45, 7) is 4.33. The fraction of sp³-hybridized carbons (Fsp3) is 0.562. The van der Waals surface area contributed by atoms with E-state index in [9.17, 15) is 9.90 Å². The molecule has 0 radical (unpaired) electrons. The number of carboxylic acid groups (broad SMARTS) is 1. The predicted octanol–water partition coefficient (Wildman–Crippen LogP) is 3.72. The molecule has 1 aromatic carbocycles. The average molecular weight is 262 g/mol. The van der Waals surface area contributed by atoms with E-state index in [1.165, 1.54) is 0 Å². The van der Waals surface area contributed by atoms with Gasteiger partial charge in [-0.2, -0.15) is 0 Å². The fourth-order valence-corrected chi connectivity index (χ4v) is 2.89. The van der Waals surface area contributed by atoms with Crippen molar-refractivity contribution in [3.05, 3.63) is 29.3 Å². The van der Waals surface area contributed by atoms with Crippen molar-refractivity contribution in [1.29, 1.82) is 0 Å². The maximum absolute atomic E-state index is 11.6. The molecule has 0 amide bonds. The van der Waals surface area contributed by atoms with Crippen molar-refractivity contribution < 1.29 is 14.6 Å². The minimum absolute atomic E-state index is 0.283. The van der Waals surface area contributed by atoms with E-state index < -0.39 is 11.4 Å². The highest BCUT2D eigenvalue weighted by Gasteiger charge is 2.40. The van der Waals surface area contributed by atoms with Crippen LogP contribution in [-0.2, 0) is 4.79 Å². The number of hydrogen-bond acceptors (Lipinski definition) is 2. The van der Waals surface area contributed by atoms with Crippen molar-refractivity contribution in [3.8, 4) is 5.75 Å². The molecule has 1 saturated carbocycles. The standard InChI is InChI=1S/C16H22O3/c1-12-8-13(2)10-14(9-12)19-11-16(15(17)18)6-4-3-5-7-16/h8-10H,3-7,11H2,1-2H3,(H,17,18). The molecule has 0 saturated heterocycles. The van der Waals surface area contributed by atoms with E-state index in [-0.39, 0.29) is 6.61 Å². The Bertz CT molecular complexity index is 439. The minimum atomic E-state index is -0.712. The molecule has 0 unspecified atom stereocenters. The fourth-order valence-electron chi connectivity index (χ4n) is 2.89. The lowest BCUT2D eigenvalue weighted by Gasteiger charge is -2.32. The van der Waals surface area contributed by atoms with Crippen LogP contribution >= 0.6 is 0 Å². The largest absolute Gasteiger partial charge is 0.492 e. The lowest BCUT2D eigenvalue weighted by Crippen LogP contribution is -2.39. The Morgan fingerprint density at radius 1 is 1.16 bits per heavy atom. The Hall–Kier alpha value is -1.51. The van der Waals surface area contributed by atoms with Crippen LogP contribution in [0.1, 0.15) is 43.2 Å². The van der Waals surface area contributed by atoms with E-state index >= 15 is 0 Å². The number of carboxylic acids is 1. The number of rotatable bonds is 4. The van der Waals surface area contributed by atoms with Gasteiger partial charge in [-0.3, -0.25) is 4.79 Å². The van der Waals surface area contributed by atoms with Gasteiger partial charge in [-0.25, -0.2) is 0 Å². The summed E-state index contributed by atoms with van der Waals surface area (Å²) < 4.78 is 5.79. The average Bonchev–Trinajstić information content (AvgIpc) is 2.36. The number of ether oxygens (including phenoxy) is 1. The third kappa shape index (κ3) is 3.28. The summed E-state index contributed by atoms with van der Waals surface area (Å²) in [5.74, 6) is 0.0697. The number of benzene rings is 1. The van der Waals surface area contributed by atoms with Crippen molar-refractivity contribution in [3.63, 3.8) is 0 Å². The summed E-state index contributed by atoms with van der Waals surface area (Å²) in [6, 6.07) is 6.01. The molecular weight excluding hydrogens is 240 g/mol. The minimum Gasteiger partial charge on any atom is -0.492 e. The molecule has 104 valence electrons. The summed E-state index contributed by atoms with van der Waals surface area (Å²) in [5.41, 5.74) is 1.60. The molecule has 0 spiro atoms. The van der Waals surface area contributed by atoms with Gasteiger partial charge < -0.3 is 9.84 Å². The molecule has 3 nitrogen and oxygen atoms in total. The monoisotopic (exact) mass is 262 g/mol. The Morgan fingerprint density at radius 2 is 1.74 bits per heavy atom. The number of aryl methyl sites for hydroxylation is 2. The predicted molar refractivity (Wildman–Crippen MR) is 74.6 cm³/mol. The van der Waals surface area contributed by atoms with Crippen molar-refractivity contribution in [2.45, 2.75) is 46.0 Å². The summed E-state index contributed by atoms with van der Waals surface area (Å²) in [4.78, 5) is 11.6. The maximum atomic E-state index is 11.6. The van der Waals surface area contributed by atoms with Gasteiger partial charge in [-0.05, 0) is 49.9 Å². The van der Waals surface area contributed by atoms with Crippen molar-refractivity contribution in [2.24, 2.45) is 5.41 Å². The lowest BCUT2D eigenvalue weighted by molar-refractivity contribution is -0.153. The summed E-state index contributed by atoms with van der Waals surface area (Å²) in [7, 11) is 0. The number of carbonyl (C=O) groups is 1. The molecule has 19 heavy (non-hydrogen) atoms. The van der Waals surface area contributed by atoms with E-state index in [0.717, 1.165) is 49.0 Å². The highest BCUT2D eigenvalue weighted by molar-refractivity contribution is 5.75. The topological polar surface area (TPSA) is 46.5 Å². The van der Waals surface area contributed by atoms with Gasteiger partial charge in [0, 0.05) is 0 Å². The quantitative estimate of drug-likeness (QED) is 0.899. The highest BCUT2D eigenvalue weighted by atomic mass is 16.5. The Labute approximate surface area is 114 Å². The highest BCUT2D eigenvalue weighted by Crippen LogP contribution is 2.37. The summed E-state index contributed by atoms with van der Waals surface area (Å²) in [6.07, 6.45) is 4.57. The van der Waals surface area contributed by atoms with E-state index in [0.29, 0.717) is 0 Å². The molecule has 0 aliphatic heterocycles. The zero-order chi connectivity index (χ0) is 13.9. The van der Waals surface area contributed by atoms with Gasteiger partial charge in [0.15, 0.2) is 0 Å². The van der Waals surface area contributed by atoms with Crippen LogP contribution in [0.3, 0.4) is 0 Å². The third-order valence-electron chi connectivity index (χ3n) is 3.97. The second-order valence-electron chi connectivity index (χ2n) is 5.76. The zero-order valence-corrected chi connectivity index (χ0v) is 11.7. The molecule has 0 heterocycles. The van der Waals surface area contributed by atoms with Gasteiger partial charge >= 0.3 is 5.97 Å².